The molecule has 66 valence electrons. The van der Waals surface area contributed by atoms with Gasteiger partial charge in [-0.2, -0.15) is 0 Å². The van der Waals surface area contributed by atoms with E-state index in [0.29, 0.717) is 5.92 Å². The zero-order chi connectivity index (χ0) is 7.56. The van der Waals surface area contributed by atoms with Gasteiger partial charge in [-0.3, -0.25) is 4.79 Å². The van der Waals surface area contributed by atoms with Gasteiger partial charge in [0.2, 0.25) is 5.91 Å². The quantitative estimate of drug-likeness (QED) is 0.639. The van der Waals surface area contributed by atoms with Crippen molar-refractivity contribution in [2.24, 2.45) is 11.7 Å². The van der Waals surface area contributed by atoms with E-state index in [4.69, 9.17) is 5.73 Å². The maximum atomic E-state index is 10.7. The summed E-state index contributed by atoms with van der Waals surface area (Å²) in [6.07, 6.45) is 2.13. The number of amides is 1. The minimum atomic E-state index is -0.204. The monoisotopic (exact) mass is 178 g/mol. The van der Waals surface area contributed by atoms with E-state index in [0.717, 1.165) is 19.4 Å². The van der Waals surface area contributed by atoms with Crippen molar-refractivity contribution in [1.82, 2.24) is 5.32 Å². The smallest absolute Gasteiger partial charge is 0.234 e. The number of nitrogens with two attached hydrogens (primary N) is 1. The molecule has 11 heavy (non-hydrogen) atoms. The molecule has 3 N–H and O–H groups in total. The molecular weight excluding hydrogens is 164 g/mol. The van der Waals surface area contributed by atoms with E-state index in [9.17, 15) is 4.79 Å². The van der Waals surface area contributed by atoms with E-state index in [1.165, 1.54) is 0 Å². The van der Waals surface area contributed by atoms with Gasteiger partial charge in [-0.15, -0.1) is 12.4 Å². The number of halogens is 1. The first kappa shape index (κ1) is 10.7. The fourth-order valence-corrected chi connectivity index (χ4v) is 1.53. The van der Waals surface area contributed by atoms with E-state index in [2.05, 4.69) is 12.2 Å². The molecule has 0 bridgehead atoms. The number of hydrogen-bond donors (Lipinski definition) is 2. The van der Waals surface area contributed by atoms with E-state index in [-0.39, 0.29) is 24.4 Å². The zero-order valence-electron chi connectivity index (χ0n) is 6.67. The minimum Gasteiger partial charge on any atom is -0.368 e. The molecule has 0 aromatic carbocycles. The molecule has 4 heteroatoms. The van der Waals surface area contributed by atoms with Crippen LogP contribution in [0.1, 0.15) is 19.8 Å². The SMILES string of the molecule is CC[C@@H]1CCN[C@H]1C(N)=O.Cl. The van der Waals surface area contributed by atoms with Crippen molar-refractivity contribution in [3.05, 3.63) is 0 Å². The molecule has 1 aliphatic heterocycles. The second-order valence-corrected chi connectivity index (χ2v) is 2.79. The van der Waals surface area contributed by atoms with Gasteiger partial charge in [-0.05, 0) is 18.9 Å². The van der Waals surface area contributed by atoms with Crippen molar-refractivity contribution >= 4 is 18.3 Å². The van der Waals surface area contributed by atoms with Gasteiger partial charge in [-0.1, -0.05) is 13.3 Å². The molecule has 1 fully saturated rings. The largest absolute Gasteiger partial charge is 0.368 e. The molecule has 1 saturated heterocycles. The Morgan fingerprint density at radius 3 is 2.73 bits per heavy atom. The van der Waals surface area contributed by atoms with Crippen molar-refractivity contribution in [2.45, 2.75) is 25.8 Å². The van der Waals surface area contributed by atoms with Crippen LogP contribution in [0.5, 0.6) is 0 Å². The van der Waals surface area contributed by atoms with Crippen molar-refractivity contribution < 1.29 is 4.79 Å². The first-order chi connectivity index (χ1) is 4.75. The molecule has 0 aromatic rings. The summed E-state index contributed by atoms with van der Waals surface area (Å²) in [4.78, 5) is 10.7. The third-order valence-electron chi connectivity index (χ3n) is 2.18. The fraction of sp³-hybridized carbons (Fsp3) is 0.857. The molecule has 0 aromatic heterocycles. The highest BCUT2D eigenvalue weighted by molar-refractivity contribution is 5.85. The summed E-state index contributed by atoms with van der Waals surface area (Å²) < 4.78 is 0. The molecule has 0 aliphatic carbocycles. The third-order valence-corrected chi connectivity index (χ3v) is 2.18. The molecule has 0 spiro atoms. The average molecular weight is 179 g/mol. The Bertz CT molecular complexity index is 140. The highest BCUT2D eigenvalue weighted by atomic mass is 35.5. The standard InChI is InChI=1S/C7H14N2O.ClH/c1-2-5-3-4-9-6(5)7(8)10;/h5-6,9H,2-4H2,1H3,(H2,8,10);1H/t5-,6-;/m1./s1. The summed E-state index contributed by atoms with van der Waals surface area (Å²) in [6, 6.07) is -0.0648. The Kier molecular flexibility index (Phi) is 4.45. The Morgan fingerprint density at radius 2 is 2.36 bits per heavy atom. The molecule has 0 radical (unpaired) electrons. The van der Waals surface area contributed by atoms with Crippen LogP contribution in [0.4, 0.5) is 0 Å². The topological polar surface area (TPSA) is 55.1 Å². The second kappa shape index (κ2) is 4.57. The van der Waals surface area contributed by atoms with Gasteiger partial charge in [0.1, 0.15) is 0 Å². The molecule has 1 aliphatic rings. The van der Waals surface area contributed by atoms with Gasteiger partial charge in [-0.25, -0.2) is 0 Å². The molecule has 2 atom stereocenters. The molecule has 1 amide bonds. The maximum Gasteiger partial charge on any atom is 0.234 e. The van der Waals surface area contributed by atoms with Gasteiger partial charge in [0.15, 0.2) is 0 Å². The predicted molar refractivity (Wildman–Crippen MR) is 46.6 cm³/mol. The number of hydrogen-bond acceptors (Lipinski definition) is 2. The van der Waals surface area contributed by atoms with Crippen LogP contribution in [-0.2, 0) is 4.79 Å². The lowest BCUT2D eigenvalue weighted by Crippen LogP contribution is -2.40. The van der Waals surface area contributed by atoms with Gasteiger partial charge in [0, 0.05) is 0 Å². The summed E-state index contributed by atoms with van der Waals surface area (Å²) in [5, 5.41) is 3.08. The van der Waals surface area contributed by atoms with Crippen LogP contribution >= 0.6 is 12.4 Å². The summed E-state index contributed by atoms with van der Waals surface area (Å²) in [5.41, 5.74) is 5.16. The summed E-state index contributed by atoms with van der Waals surface area (Å²) in [7, 11) is 0. The molecule has 1 heterocycles. The maximum absolute atomic E-state index is 10.7. The van der Waals surface area contributed by atoms with Crippen LogP contribution in [0.3, 0.4) is 0 Å². The molecular formula is C7H15ClN2O. The molecule has 3 nitrogen and oxygen atoms in total. The average Bonchev–Trinajstić information content (AvgIpc) is 2.33. The van der Waals surface area contributed by atoms with Crippen LogP contribution in [0.2, 0.25) is 0 Å². The van der Waals surface area contributed by atoms with Crippen molar-refractivity contribution in [2.75, 3.05) is 6.54 Å². The minimum absolute atomic E-state index is 0. The molecule has 1 rings (SSSR count). The van der Waals surface area contributed by atoms with Crippen molar-refractivity contribution in [1.29, 1.82) is 0 Å². The van der Waals surface area contributed by atoms with Gasteiger partial charge >= 0.3 is 0 Å². The van der Waals surface area contributed by atoms with Crippen LogP contribution in [-0.4, -0.2) is 18.5 Å². The van der Waals surface area contributed by atoms with Gasteiger partial charge < -0.3 is 11.1 Å². The lowest BCUT2D eigenvalue weighted by atomic mass is 9.98. The summed E-state index contributed by atoms with van der Waals surface area (Å²) >= 11 is 0. The van der Waals surface area contributed by atoms with Crippen molar-refractivity contribution in [3.8, 4) is 0 Å². The molecule has 0 saturated carbocycles. The number of carbonyl (C=O) groups excluding carboxylic acids is 1. The summed E-state index contributed by atoms with van der Waals surface area (Å²) in [6.45, 7) is 3.03. The highest BCUT2D eigenvalue weighted by Gasteiger charge is 2.29. The van der Waals surface area contributed by atoms with E-state index < -0.39 is 0 Å². The lowest BCUT2D eigenvalue weighted by molar-refractivity contribution is -0.120. The highest BCUT2D eigenvalue weighted by Crippen LogP contribution is 2.17. The summed E-state index contributed by atoms with van der Waals surface area (Å²) in [5.74, 6) is 0.266. The number of nitrogens with one attached hydrogen (secondary N) is 1. The van der Waals surface area contributed by atoms with E-state index >= 15 is 0 Å². The Morgan fingerprint density at radius 1 is 1.73 bits per heavy atom. The normalized spacial score (nSPS) is 29.5. The Hall–Kier alpha value is -0.280. The first-order valence-corrected chi connectivity index (χ1v) is 3.78. The lowest BCUT2D eigenvalue weighted by Gasteiger charge is -2.12. The Balaban J connectivity index is 0.000001000. The van der Waals surface area contributed by atoms with Crippen LogP contribution in [0.15, 0.2) is 0 Å². The number of primary amides is 1. The molecule has 0 unspecified atom stereocenters. The van der Waals surface area contributed by atoms with Gasteiger partial charge in [0.05, 0.1) is 6.04 Å². The van der Waals surface area contributed by atoms with Gasteiger partial charge in [0.25, 0.3) is 0 Å². The Labute approximate surface area is 73.1 Å². The van der Waals surface area contributed by atoms with E-state index in [1.54, 1.807) is 0 Å². The number of carbonyl (C=O) groups is 1. The number of rotatable bonds is 2. The van der Waals surface area contributed by atoms with Crippen molar-refractivity contribution in [3.63, 3.8) is 0 Å². The third kappa shape index (κ3) is 2.34. The van der Waals surface area contributed by atoms with Crippen LogP contribution in [0, 0.1) is 5.92 Å². The predicted octanol–water partition coefficient (Wildman–Crippen LogP) is 0.282. The first-order valence-electron chi connectivity index (χ1n) is 3.78. The fourth-order valence-electron chi connectivity index (χ4n) is 1.53. The van der Waals surface area contributed by atoms with Crippen LogP contribution in [0.25, 0.3) is 0 Å². The zero-order valence-corrected chi connectivity index (χ0v) is 7.49. The second-order valence-electron chi connectivity index (χ2n) is 2.79. The van der Waals surface area contributed by atoms with Crippen LogP contribution < -0.4 is 11.1 Å². The van der Waals surface area contributed by atoms with E-state index in [1.807, 2.05) is 0 Å².